The number of carbonyl (C=O) groups excluding carboxylic acids is 1. The summed E-state index contributed by atoms with van der Waals surface area (Å²) in [5.41, 5.74) is 1.33. The Morgan fingerprint density at radius 2 is 2.04 bits per heavy atom. The lowest BCUT2D eigenvalue weighted by molar-refractivity contribution is -0.131. The highest BCUT2D eigenvalue weighted by Crippen LogP contribution is 2.40. The predicted molar refractivity (Wildman–Crippen MR) is 113 cm³/mol. The molecule has 1 aromatic carbocycles. The molecule has 0 N–H and O–H groups in total. The Balaban J connectivity index is 1.47. The summed E-state index contributed by atoms with van der Waals surface area (Å²) in [6.07, 6.45) is 9.10. The van der Waals surface area contributed by atoms with Crippen LogP contribution < -0.4 is 4.74 Å². The molecule has 1 amide bonds. The van der Waals surface area contributed by atoms with Gasteiger partial charge in [0, 0.05) is 36.4 Å². The molecule has 144 valence electrons. The van der Waals surface area contributed by atoms with Crippen LogP contribution in [0.2, 0.25) is 0 Å². The van der Waals surface area contributed by atoms with E-state index in [2.05, 4.69) is 17.0 Å². The zero-order valence-electron chi connectivity index (χ0n) is 15.8. The number of methoxy groups -OCH3 is 1. The summed E-state index contributed by atoms with van der Waals surface area (Å²) < 4.78 is 5.26. The van der Waals surface area contributed by atoms with Crippen LogP contribution in [0.15, 0.2) is 24.3 Å². The fourth-order valence-corrected chi connectivity index (χ4v) is 6.92. The molecule has 0 radical (unpaired) electrons. The molecular formula is C21H31NO2S2. The van der Waals surface area contributed by atoms with E-state index in [9.17, 15) is 4.79 Å². The molecule has 2 heterocycles. The summed E-state index contributed by atoms with van der Waals surface area (Å²) in [6.45, 7) is 1.81. The van der Waals surface area contributed by atoms with E-state index < -0.39 is 0 Å². The third kappa shape index (κ3) is 5.85. The SMILES string of the molecule is COc1ccc([C@H]2CCCCN(C(=O)CCCC[C@H]3CCSS3)C2)cc1. The molecular weight excluding hydrogens is 362 g/mol. The van der Waals surface area contributed by atoms with Crippen molar-refractivity contribution >= 4 is 27.5 Å². The summed E-state index contributed by atoms with van der Waals surface area (Å²) in [5, 5.41) is 0.827. The van der Waals surface area contributed by atoms with E-state index in [1.807, 2.05) is 33.7 Å². The number of rotatable bonds is 7. The van der Waals surface area contributed by atoms with Crippen LogP contribution in [0.25, 0.3) is 0 Å². The Morgan fingerprint density at radius 1 is 1.19 bits per heavy atom. The normalized spacial score (nSPS) is 23.7. The van der Waals surface area contributed by atoms with Gasteiger partial charge in [0.15, 0.2) is 0 Å². The average molecular weight is 394 g/mol. The third-order valence-electron chi connectivity index (χ3n) is 5.51. The molecule has 3 nitrogen and oxygen atoms in total. The number of likely N-dealkylation sites (tertiary alicyclic amines) is 1. The van der Waals surface area contributed by atoms with Crippen LogP contribution >= 0.6 is 21.6 Å². The molecule has 5 heteroatoms. The molecule has 0 unspecified atom stereocenters. The average Bonchev–Trinajstić information content (AvgIpc) is 3.07. The Kier molecular flexibility index (Phi) is 8.06. The number of benzene rings is 1. The summed E-state index contributed by atoms with van der Waals surface area (Å²) in [7, 11) is 5.75. The zero-order valence-corrected chi connectivity index (χ0v) is 17.5. The lowest BCUT2D eigenvalue weighted by Crippen LogP contribution is -2.33. The molecule has 0 aliphatic carbocycles. The summed E-state index contributed by atoms with van der Waals surface area (Å²) in [6, 6.07) is 8.39. The molecule has 0 spiro atoms. The molecule has 2 aliphatic rings. The van der Waals surface area contributed by atoms with Crippen LogP contribution in [0, 0.1) is 0 Å². The van der Waals surface area contributed by atoms with Gasteiger partial charge in [0.25, 0.3) is 0 Å². The molecule has 2 fully saturated rings. The standard InChI is InChI=1S/C21H31NO2S2/c1-24-19-11-9-17(10-12-19)18-6-4-5-14-22(16-18)21(23)8-3-2-7-20-13-15-25-26-20/h9-12,18,20H,2-8,13-16H2,1H3/t18-,20-/m0/s1. The van der Waals surface area contributed by atoms with E-state index in [1.165, 1.54) is 43.4 Å². The van der Waals surface area contributed by atoms with Gasteiger partial charge >= 0.3 is 0 Å². The van der Waals surface area contributed by atoms with E-state index in [4.69, 9.17) is 4.74 Å². The fourth-order valence-electron chi connectivity index (χ4n) is 3.89. The molecule has 2 aliphatic heterocycles. The van der Waals surface area contributed by atoms with Gasteiger partial charge < -0.3 is 9.64 Å². The highest BCUT2D eigenvalue weighted by molar-refractivity contribution is 8.77. The Bertz CT molecular complexity index is 558. The second-order valence-corrected chi connectivity index (χ2v) is 10.2. The van der Waals surface area contributed by atoms with Crippen molar-refractivity contribution < 1.29 is 9.53 Å². The van der Waals surface area contributed by atoms with Crippen molar-refractivity contribution in [3.05, 3.63) is 29.8 Å². The molecule has 2 saturated heterocycles. The van der Waals surface area contributed by atoms with Crippen LogP contribution in [0.4, 0.5) is 0 Å². The molecule has 26 heavy (non-hydrogen) atoms. The first-order chi connectivity index (χ1) is 12.8. The van der Waals surface area contributed by atoms with Gasteiger partial charge in [-0.25, -0.2) is 0 Å². The van der Waals surface area contributed by atoms with Gasteiger partial charge in [-0.2, -0.15) is 0 Å². The van der Waals surface area contributed by atoms with Crippen molar-refractivity contribution in [3.8, 4) is 5.75 Å². The zero-order chi connectivity index (χ0) is 18.2. The smallest absolute Gasteiger partial charge is 0.222 e. The summed E-state index contributed by atoms with van der Waals surface area (Å²) in [4.78, 5) is 14.8. The highest BCUT2D eigenvalue weighted by Gasteiger charge is 2.23. The van der Waals surface area contributed by atoms with E-state index >= 15 is 0 Å². The summed E-state index contributed by atoms with van der Waals surface area (Å²) >= 11 is 0. The van der Waals surface area contributed by atoms with E-state index in [0.717, 1.165) is 43.4 Å². The van der Waals surface area contributed by atoms with Gasteiger partial charge in [-0.05, 0) is 49.8 Å². The van der Waals surface area contributed by atoms with Gasteiger partial charge in [0.05, 0.1) is 7.11 Å². The Morgan fingerprint density at radius 3 is 2.77 bits per heavy atom. The maximum Gasteiger partial charge on any atom is 0.222 e. The predicted octanol–water partition coefficient (Wildman–Crippen LogP) is 5.51. The number of hydrogen-bond donors (Lipinski definition) is 0. The first-order valence-corrected chi connectivity index (χ1v) is 12.3. The number of nitrogens with zero attached hydrogens (tertiary/aromatic N) is 1. The van der Waals surface area contributed by atoms with E-state index in [0.29, 0.717) is 11.8 Å². The van der Waals surface area contributed by atoms with Gasteiger partial charge in [0.1, 0.15) is 5.75 Å². The molecule has 1 aromatic rings. The fraction of sp³-hybridized carbons (Fsp3) is 0.667. The molecule has 2 atom stereocenters. The number of carbonyl (C=O) groups is 1. The highest BCUT2D eigenvalue weighted by atomic mass is 33.1. The van der Waals surface area contributed by atoms with Gasteiger partial charge in [-0.15, -0.1) is 0 Å². The van der Waals surface area contributed by atoms with E-state index in [1.54, 1.807) is 7.11 Å². The number of hydrogen-bond acceptors (Lipinski definition) is 4. The largest absolute Gasteiger partial charge is 0.497 e. The van der Waals surface area contributed by atoms with Crippen LogP contribution in [-0.4, -0.2) is 42.0 Å². The third-order valence-corrected chi connectivity index (χ3v) is 8.51. The number of unbranched alkanes of at least 4 members (excludes halogenated alkanes) is 1. The minimum Gasteiger partial charge on any atom is -0.497 e. The van der Waals surface area contributed by atoms with Crippen LogP contribution in [0.3, 0.4) is 0 Å². The minimum absolute atomic E-state index is 0.360. The molecule has 0 bridgehead atoms. The van der Waals surface area contributed by atoms with Crippen LogP contribution in [0.5, 0.6) is 5.75 Å². The second-order valence-electron chi connectivity index (χ2n) is 7.38. The number of ether oxygens (including phenoxy) is 1. The lowest BCUT2D eigenvalue weighted by Gasteiger charge is -2.25. The van der Waals surface area contributed by atoms with Crippen molar-refractivity contribution in [2.45, 2.75) is 62.5 Å². The van der Waals surface area contributed by atoms with E-state index in [-0.39, 0.29) is 0 Å². The first-order valence-electron chi connectivity index (χ1n) is 9.96. The lowest BCUT2D eigenvalue weighted by atomic mass is 9.94. The van der Waals surface area contributed by atoms with Crippen molar-refractivity contribution in [1.82, 2.24) is 4.90 Å². The van der Waals surface area contributed by atoms with Crippen molar-refractivity contribution in [2.75, 3.05) is 26.0 Å². The maximum absolute atomic E-state index is 12.7. The van der Waals surface area contributed by atoms with Crippen molar-refractivity contribution in [3.63, 3.8) is 0 Å². The van der Waals surface area contributed by atoms with Gasteiger partial charge in [0.2, 0.25) is 5.91 Å². The van der Waals surface area contributed by atoms with Crippen LogP contribution in [0.1, 0.15) is 62.8 Å². The first kappa shape index (κ1) is 19.9. The quantitative estimate of drug-likeness (QED) is 0.451. The molecule has 3 rings (SSSR count). The Labute approximate surface area is 166 Å². The minimum atomic E-state index is 0.360. The van der Waals surface area contributed by atoms with Gasteiger partial charge in [-0.3, -0.25) is 4.79 Å². The topological polar surface area (TPSA) is 29.5 Å². The van der Waals surface area contributed by atoms with Crippen molar-refractivity contribution in [2.24, 2.45) is 0 Å². The number of amides is 1. The maximum atomic E-state index is 12.7. The monoisotopic (exact) mass is 393 g/mol. The summed E-state index contributed by atoms with van der Waals surface area (Å²) in [5.74, 6) is 3.02. The van der Waals surface area contributed by atoms with Crippen LogP contribution in [-0.2, 0) is 4.79 Å². The molecule has 0 aromatic heterocycles. The molecule has 0 saturated carbocycles. The Hall–Kier alpha value is -0.810. The van der Waals surface area contributed by atoms with Crippen molar-refractivity contribution in [1.29, 1.82) is 0 Å². The van der Waals surface area contributed by atoms with Gasteiger partial charge in [-0.1, -0.05) is 46.6 Å². The second kappa shape index (κ2) is 10.5.